The number of hydrogen-bond acceptors (Lipinski definition) is 5. The Morgan fingerprint density at radius 1 is 0.727 bits per heavy atom. The van der Waals surface area contributed by atoms with Crippen LogP contribution < -0.4 is 9.47 Å². The summed E-state index contributed by atoms with van der Waals surface area (Å²) in [4.78, 5) is 0.394. The smallest absolute Gasteiger partial charge is 0.432 e. The van der Waals surface area contributed by atoms with E-state index in [4.69, 9.17) is 4.55 Å². The first kappa shape index (κ1) is 33.5. The number of fused-ring (bicyclic) bond motifs is 3. The third-order valence-corrected chi connectivity index (χ3v) is 9.45. The molecular formula is C25H16F11O6S2+. The minimum absolute atomic E-state index is 0.179. The average molecular weight is 686 g/mol. The van der Waals surface area contributed by atoms with Gasteiger partial charge in [-0.25, -0.2) is 0 Å². The van der Waals surface area contributed by atoms with Crippen molar-refractivity contribution in [2.24, 2.45) is 0 Å². The number of thiophene rings is 1. The molecule has 2 unspecified atom stereocenters. The number of hydrogen-bond donors (Lipinski definition) is 2. The Morgan fingerprint density at radius 2 is 1.25 bits per heavy atom. The monoisotopic (exact) mass is 685 g/mol. The lowest BCUT2D eigenvalue weighted by Crippen LogP contribution is -2.60. The van der Waals surface area contributed by atoms with E-state index >= 15 is 0 Å². The number of ether oxygens (including phenoxy) is 2. The van der Waals surface area contributed by atoms with Crippen LogP contribution in [0.5, 0.6) is 11.5 Å². The van der Waals surface area contributed by atoms with E-state index in [-0.39, 0.29) is 5.39 Å². The van der Waals surface area contributed by atoms with Crippen LogP contribution >= 0.6 is 10.5 Å². The predicted octanol–water partition coefficient (Wildman–Crippen LogP) is 7.76. The van der Waals surface area contributed by atoms with Crippen molar-refractivity contribution in [2.75, 3.05) is 6.61 Å². The Hall–Kier alpha value is -3.42. The number of aliphatic hydroxyl groups is 1. The van der Waals surface area contributed by atoms with Gasteiger partial charge in [0.25, 0.3) is 11.7 Å². The van der Waals surface area contributed by atoms with Crippen molar-refractivity contribution >= 4 is 40.8 Å². The second-order valence-electron chi connectivity index (χ2n) is 9.15. The third kappa shape index (κ3) is 5.96. The van der Waals surface area contributed by atoms with Gasteiger partial charge in [0.1, 0.15) is 18.1 Å². The maximum Gasteiger partial charge on any atom is 0.432 e. The molecule has 0 aliphatic rings. The highest BCUT2D eigenvalue weighted by molar-refractivity contribution is 7.86. The molecule has 2 N–H and O–H groups in total. The second-order valence-corrected chi connectivity index (χ2v) is 12.6. The first-order valence-electron chi connectivity index (χ1n) is 11.6. The molecular weight excluding hydrogens is 669 g/mol. The van der Waals surface area contributed by atoms with Gasteiger partial charge in [0.2, 0.25) is 0 Å². The lowest BCUT2D eigenvalue weighted by molar-refractivity contribution is -0.373. The molecule has 2 atom stereocenters. The Labute approximate surface area is 241 Å². The van der Waals surface area contributed by atoms with Crippen LogP contribution in [0.3, 0.4) is 0 Å². The van der Waals surface area contributed by atoms with Crippen molar-refractivity contribution in [3.05, 3.63) is 66.7 Å². The van der Waals surface area contributed by atoms with Gasteiger partial charge in [-0.15, -0.1) is 0 Å². The Morgan fingerprint density at radius 3 is 1.77 bits per heavy atom. The SMILES string of the molecule is O=S(=O)(O)C(F)(F)C(Oc1ccc2c(c1)c1ccccc1[s+]2-c1ccc(OCC(O)(C(F)(F)F)C(F)(F)F)cc1)C(F)(F)F. The lowest BCUT2D eigenvalue weighted by atomic mass is 10.0. The Balaban J connectivity index is 1.73. The highest BCUT2D eigenvalue weighted by Gasteiger charge is 2.71. The summed E-state index contributed by atoms with van der Waals surface area (Å²) in [5.41, 5.74) is -5.15. The van der Waals surface area contributed by atoms with Crippen molar-refractivity contribution in [1.29, 1.82) is 0 Å². The number of halogens is 11. The van der Waals surface area contributed by atoms with Gasteiger partial charge in [-0.3, -0.25) is 4.55 Å². The number of alkyl halides is 11. The summed E-state index contributed by atoms with van der Waals surface area (Å²) < 4.78 is 186. The zero-order valence-corrected chi connectivity index (χ0v) is 22.8. The minimum Gasteiger partial charge on any atom is -0.490 e. The Kier molecular flexibility index (Phi) is 8.28. The van der Waals surface area contributed by atoms with Crippen LogP contribution in [0.4, 0.5) is 48.3 Å². The van der Waals surface area contributed by atoms with Crippen molar-refractivity contribution < 1.29 is 75.8 Å². The predicted molar refractivity (Wildman–Crippen MR) is 135 cm³/mol. The van der Waals surface area contributed by atoms with Gasteiger partial charge in [-0.05, 0) is 36.4 Å². The molecule has 1 aromatic heterocycles. The zero-order valence-electron chi connectivity index (χ0n) is 21.1. The molecule has 0 spiro atoms. The summed E-state index contributed by atoms with van der Waals surface area (Å²) in [5.74, 6) is -1.31. The summed E-state index contributed by atoms with van der Waals surface area (Å²) >= 11 is 0. The summed E-state index contributed by atoms with van der Waals surface area (Å²) in [6.45, 7) is -2.20. The van der Waals surface area contributed by atoms with Gasteiger partial charge < -0.3 is 14.6 Å². The van der Waals surface area contributed by atoms with Crippen LogP contribution in [-0.2, 0) is 10.1 Å². The van der Waals surface area contributed by atoms with Crippen molar-refractivity contribution in [3.63, 3.8) is 0 Å². The summed E-state index contributed by atoms with van der Waals surface area (Å²) in [6.07, 6.45) is -22.4. The molecule has 0 radical (unpaired) electrons. The van der Waals surface area contributed by atoms with E-state index in [1.54, 1.807) is 12.1 Å². The highest BCUT2D eigenvalue weighted by atomic mass is 32.2. The van der Waals surface area contributed by atoms with Crippen LogP contribution in [0, 0.1) is 0 Å². The van der Waals surface area contributed by atoms with Crippen LogP contribution in [-0.4, -0.2) is 60.2 Å². The van der Waals surface area contributed by atoms with Crippen LogP contribution in [0.1, 0.15) is 0 Å². The van der Waals surface area contributed by atoms with E-state index in [1.807, 2.05) is 0 Å². The fourth-order valence-corrected chi connectivity index (χ4v) is 6.80. The number of rotatable bonds is 8. The molecule has 240 valence electrons. The third-order valence-electron chi connectivity index (χ3n) is 6.21. The van der Waals surface area contributed by atoms with Crippen LogP contribution in [0.2, 0.25) is 0 Å². The molecule has 3 aromatic carbocycles. The quantitative estimate of drug-likeness (QED) is 0.112. The molecule has 19 heteroatoms. The zero-order chi connectivity index (χ0) is 33.1. The van der Waals surface area contributed by atoms with E-state index in [0.29, 0.717) is 19.7 Å². The lowest BCUT2D eigenvalue weighted by Gasteiger charge is -2.31. The molecule has 4 rings (SSSR count). The maximum absolute atomic E-state index is 14.0. The van der Waals surface area contributed by atoms with Gasteiger partial charge >= 0.3 is 33.9 Å². The molecule has 0 fully saturated rings. The standard InChI is InChI=1S/C25H15F11O6S2/c26-22(27,28)20(23(29,30)44(38,39)40)42-14-7-10-19-17(11-14)16-3-1-2-4-18(16)43(19)15-8-5-13(6-9-15)41-12-21(37,24(31,32)33)25(34,35)36/h1-11,20,37H,12H2/p+1. The van der Waals surface area contributed by atoms with E-state index in [0.717, 1.165) is 24.3 Å². The molecule has 0 saturated carbocycles. The molecule has 0 aliphatic heterocycles. The molecule has 0 saturated heterocycles. The molecule has 6 nitrogen and oxygen atoms in total. The number of benzene rings is 3. The summed E-state index contributed by atoms with van der Waals surface area (Å²) in [7, 11) is -7.65. The molecule has 0 amide bonds. The van der Waals surface area contributed by atoms with Gasteiger partial charge in [-0.1, -0.05) is 12.1 Å². The van der Waals surface area contributed by atoms with Gasteiger partial charge in [0.15, 0.2) is 14.3 Å². The summed E-state index contributed by atoms with van der Waals surface area (Å²) in [5, 5.41) is 4.07. The fraction of sp³-hybridized carbons (Fsp3) is 0.280. The van der Waals surface area contributed by atoms with E-state index in [2.05, 4.69) is 9.47 Å². The maximum atomic E-state index is 14.0. The minimum atomic E-state index is -6.55. The first-order chi connectivity index (χ1) is 20.0. The molecule has 0 aliphatic carbocycles. The average Bonchev–Trinajstić information content (AvgIpc) is 3.21. The van der Waals surface area contributed by atoms with Crippen molar-refractivity contribution in [1.82, 2.24) is 0 Å². The normalized spacial score (nSPS) is 15.1. The van der Waals surface area contributed by atoms with Gasteiger partial charge in [0, 0.05) is 34.1 Å². The van der Waals surface area contributed by atoms with Crippen LogP contribution in [0.25, 0.3) is 25.1 Å². The Bertz CT molecular complexity index is 1760. The highest BCUT2D eigenvalue weighted by Crippen LogP contribution is 2.50. The van der Waals surface area contributed by atoms with Crippen molar-refractivity contribution in [2.45, 2.75) is 35.5 Å². The molecule has 4 aromatic rings. The van der Waals surface area contributed by atoms with Gasteiger partial charge in [-0.2, -0.15) is 56.7 Å². The molecule has 1 heterocycles. The van der Waals surface area contributed by atoms with E-state index in [9.17, 15) is 61.8 Å². The van der Waals surface area contributed by atoms with Gasteiger partial charge in [0.05, 0.1) is 5.39 Å². The topological polar surface area (TPSA) is 93.1 Å². The van der Waals surface area contributed by atoms with Crippen LogP contribution in [0.15, 0.2) is 66.7 Å². The first-order valence-corrected chi connectivity index (χ1v) is 14.3. The van der Waals surface area contributed by atoms with Crippen molar-refractivity contribution in [3.8, 4) is 16.4 Å². The molecule has 44 heavy (non-hydrogen) atoms. The second kappa shape index (κ2) is 10.9. The molecule has 0 bridgehead atoms. The summed E-state index contributed by atoms with van der Waals surface area (Å²) in [6, 6.07) is 13.8. The van der Waals surface area contributed by atoms with E-state index < -0.39 is 74.2 Å². The van der Waals surface area contributed by atoms with E-state index in [1.165, 1.54) is 30.3 Å². The fourth-order valence-electron chi connectivity index (χ4n) is 3.99. The largest absolute Gasteiger partial charge is 0.490 e.